The Labute approximate surface area is 102 Å². The number of hydrogen-bond donors (Lipinski definition) is 0. The van der Waals surface area contributed by atoms with Crippen LogP contribution >= 0.6 is 38.9 Å². The van der Waals surface area contributed by atoms with Gasteiger partial charge in [0.15, 0.2) is 0 Å². The molecule has 0 amide bonds. The van der Waals surface area contributed by atoms with E-state index in [9.17, 15) is 0 Å². The van der Waals surface area contributed by atoms with Crippen molar-refractivity contribution in [3.05, 3.63) is 20.8 Å². The molecule has 1 nitrogen and oxygen atoms in total. The van der Waals surface area contributed by atoms with Crippen LogP contribution in [-0.2, 0) is 6.54 Å². The summed E-state index contributed by atoms with van der Waals surface area (Å²) in [5, 5.41) is 2.14. The Kier molecular flexibility index (Phi) is 3.88. The first-order chi connectivity index (χ1) is 6.79. The average Bonchev–Trinajstić information content (AvgIpc) is 2.91. The minimum absolute atomic E-state index is 0.739. The minimum Gasteiger partial charge on any atom is -0.294 e. The molecule has 0 spiro atoms. The van der Waals surface area contributed by atoms with E-state index in [1.54, 1.807) is 0 Å². The largest absolute Gasteiger partial charge is 0.294 e. The lowest BCUT2D eigenvalue weighted by Gasteiger charge is -2.19. The van der Waals surface area contributed by atoms with Crippen LogP contribution in [0.2, 0.25) is 0 Å². The fourth-order valence-electron chi connectivity index (χ4n) is 1.58. The van der Waals surface area contributed by atoms with Gasteiger partial charge in [-0.1, -0.05) is 0 Å². The first-order valence-electron chi connectivity index (χ1n) is 4.82. The van der Waals surface area contributed by atoms with Crippen molar-refractivity contribution in [1.29, 1.82) is 0 Å². The predicted octanol–water partition coefficient (Wildman–Crippen LogP) is 3.71. The van der Waals surface area contributed by atoms with Crippen molar-refractivity contribution >= 4 is 38.9 Å². The van der Waals surface area contributed by atoms with Gasteiger partial charge in [-0.3, -0.25) is 4.90 Å². The molecule has 1 aromatic rings. The van der Waals surface area contributed by atoms with E-state index in [4.69, 9.17) is 11.6 Å². The molecule has 2 rings (SSSR count). The maximum Gasteiger partial charge on any atom is 0.0351 e. The second-order valence-corrected chi connectivity index (χ2v) is 5.91. The highest BCUT2D eigenvalue weighted by Gasteiger charge is 2.28. The molecule has 1 heterocycles. The van der Waals surface area contributed by atoms with Gasteiger partial charge in [-0.2, -0.15) is 0 Å². The third kappa shape index (κ3) is 2.96. The van der Waals surface area contributed by atoms with E-state index in [0.717, 1.165) is 25.0 Å². The number of alkyl halides is 1. The van der Waals surface area contributed by atoms with Gasteiger partial charge in [0.1, 0.15) is 0 Å². The Bertz CT molecular complexity index is 298. The average molecular weight is 295 g/mol. The number of nitrogens with zero attached hydrogens (tertiary/aromatic N) is 1. The van der Waals surface area contributed by atoms with Crippen LogP contribution in [0, 0.1) is 0 Å². The molecule has 1 aliphatic carbocycles. The molecule has 0 bridgehead atoms. The van der Waals surface area contributed by atoms with Gasteiger partial charge in [0.05, 0.1) is 0 Å². The molecule has 1 saturated carbocycles. The molecular formula is C10H13BrClNS. The van der Waals surface area contributed by atoms with Crippen LogP contribution in [-0.4, -0.2) is 23.4 Å². The molecule has 0 aromatic carbocycles. The van der Waals surface area contributed by atoms with Gasteiger partial charge in [-0.05, 0) is 34.8 Å². The summed E-state index contributed by atoms with van der Waals surface area (Å²) in [6.45, 7) is 2.08. The van der Waals surface area contributed by atoms with Crippen LogP contribution in [0.4, 0.5) is 0 Å². The zero-order valence-corrected chi connectivity index (χ0v) is 11.0. The van der Waals surface area contributed by atoms with Crippen LogP contribution < -0.4 is 0 Å². The van der Waals surface area contributed by atoms with Crippen LogP contribution in [0.3, 0.4) is 0 Å². The van der Waals surface area contributed by atoms with E-state index in [0.29, 0.717) is 0 Å². The lowest BCUT2D eigenvalue weighted by molar-refractivity contribution is 0.273. The molecule has 1 fully saturated rings. The van der Waals surface area contributed by atoms with Crippen molar-refractivity contribution in [2.45, 2.75) is 25.4 Å². The molecule has 0 N–H and O–H groups in total. The Morgan fingerprint density at radius 3 is 2.86 bits per heavy atom. The second kappa shape index (κ2) is 4.97. The Hall–Kier alpha value is 0.430. The molecule has 0 radical (unpaired) electrons. The Balaban J connectivity index is 1.92. The third-order valence-corrected chi connectivity index (χ3v) is 4.27. The summed E-state index contributed by atoms with van der Waals surface area (Å²) < 4.78 is 1.19. The van der Waals surface area contributed by atoms with Gasteiger partial charge in [-0.15, -0.1) is 22.9 Å². The molecule has 78 valence electrons. The quantitative estimate of drug-likeness (QED) is 0.748. The highest BCUT2D eigenvalue weighted by Crippen LogP contribution is 2.30. The van der Waals surface area contributed by atoms with Gasteiger partial charge in [0.2, 0.25) is 0 Å². The summed E-state index contributed by atoms with van der Waals surface area (Å²) in [5.41, 5.74) is 0. The molecule has 0 saturated heterocycles. The highest BCUT2D eigenvalue weighted by atomic mass is 79.9. The summed E-state index contributed by atoms with van der Waals surface area (Å²) >= 11 is 11.1. The Morgan fingerprint density at radius 1 is 1.57 bits per heavy atom. The summed E-state index contributed by atoms with van der Waals surface area (Å²) in [5.74, 6) is 0.739. The van der Waals surface area contributed by atoms with Gasteiger partial charge >= 0.3 is 0 Å². The van der Waals surface area contributed by atoms with Crippen molar-refractivity contribution in [3.8, 4) is 0 Å². The van der Waals surface area contributed by atoms with Crippen molar-refractivity contribution in [3.63, 3.8) is 0 Å². The van der Waals surface area contributed by atoms with Gasteiger partial charge in [0.25, 0.3) is 0 Å². The summed E-state index contributed by atoms with van der Waals surface area (Å²) in [6, 6.07) is 3.00. The fourth-order valence-corrected chi connectivity index (χ4v) is 3.27. The SMILES string of the molecule is ClCCN(Cc1cc(Br)cs1)C1CC1. The first kappa shape index (κ1) is 10.9. The fraction of sp³-hybridized carbons (Fsp3) is 0.600. The smallest absolute Gasteiger partial charge is 0.0351 e. The van der Waals surface area contributed by atoms with Gasteiger partial charge in [-0.25, -0.2) is 0 Å². The summed E-state index contributed by atoms with van der Waals surface area (Å²) in [6.07, 6.45) is 2.70. The first-order valence-corrected chi connectivity index (χ1v) is 7.03. The van der Waals surface area contributed by atoms with Gasteiger partial charge < -0.3 is 0 Å². The van der Waals surface area contributed by atoms with Crippen molar-refractivity contribution < 1.29 is 0 Å². The number of halogens is 2. The second-order valence-electron chi connectivity index (χ2n) is 3.62. The summed E-state index contributed by atoms with van der Waals surface area (Å²) in [4.78, 5) is 3.92. The lowest BCUT2D eigenvalue weighted by atomic mass is 10.4. The van der Waals surface area contributed by atoms with E-state index in [1.807, 2.05) is 11.3 Å². The molecule has 14 heavy (non-hydrogen) atoms. The lowest BCUT2D eigenvalue weighted by Crippen LogP contribution is -2.27. The molecule has 1 aromatic heterocycles. The molecule has 4 heteroatoms. The zero-order valence-electron chi connectivity index (χ0n) is 7.88. The van der Waals surface area contributed by atoms with Crippen molar-refractivity contribution in [2.24, 2.45) is 0 Å². The molecule has 0 atom stereocenters. The minimum atomic E-state index is 0.739. The maximum absolute atomic E-state index is 5.79. The zero-order chi connectivity index (χ0) is 9.97. The monoisotopic (exact) mass is 293 g/mol. The standard InChI is InChI=1S/C10H13BrClNS/c11-8-5-10(14-7-8)6-13(4-3-12)9-1-2-9/h5,7,9H,1-4,6H2. The van der Waals surface area contributed by atoms with Crippen molar-refractivity contribution in [2.75, 3.05) is 12.4 Å². The van der Waals surface area contributed by atoms with E-state index < -0.39 is 0 Å². The van der Waals surface area contributed by atoms with Gasteiger partial charge in [0, 0.05) is 39.7 Å². The summed E-state index contributed by atoms with van der Waals surface area (Å²) in [7, 11) is 0. The van der Waals surface area contributed by atoms with Crippen LogP contribution in [0.15, 0.2) is 15.9 Å². The van der Waals surface area contributed by atoms with E-state index in [-0.39, 0.29) is 0 Å². The van der Waals surface area contributed by atoms with Crippen LogP contribution in [0.5, 0.6) is 0 Å². The third-order valence-electron chi connectivity index (χ3n) is 2.42. The maximum atomic E-state index is 5.79. The topological polar surface area (TPSA) is 3.24 Å². The Morgan fingerprint density at radius 2 is 2.36 bits per heavy atom. The predicted molar refractivity (Wildman–Crippen MR) is 66.2 cm³/mol. The van der Waals surface area contributed by atoms with Crippen LogP contribution in [0.1, 0.15) is 17.7 Å². The van der Waals surface area contributed by atoms with E-state index >= 15 is 0 Å². The van der Waals surface area contributed by atoms with Crippen LogP contribution in [0.25, 0.3) is 0 Å². The number of thiophene rings is 1. The van der Waals surface area contributed by atoms with E-state index in [1.165, 1.54) is 22.2 Å². The molecule has 0 aliphatic heterocycles. The normalized spacial score (nSPS) is 16.5. The molecular weight excluding hydrogens is 282 g/mol. The molecule has 1 aliphatic rings. The number of hydrogen-bond acceptors (Lipinski definition) is 2. The molecule has 0 unspecified atom stereocenters. The van der Waals surface area contributed by atoms with Crippen molar-refractivity contribution in [1.82, 2.24) is 4.90 Å². The highest BCUT2D eigenvalue weighted by molar-refractivity contribution is 9.10. The number of rotatable bonds is 5. The van der Waals surface area contributed by atoms with E-state index in [2.05, 4.69) is 32.3 Å².